The zero-order valence-electron chi connectivity index (χ0n) is 18.0. The van der Waals surface area contributed by atoms with E-state index in [2.05, 4.69) is 15.1 Å². The predicted octanol–water partition coefficient (Wildman–Crippen LogP) is 3.22. The number of nitrogens with zero attached hydrogens (tertiary/aromatic N) is 4. The number of aryl methyl sites for hydroxylation is 2. The first-order valence-corrected chi connectivity index (χ1v) is 10.4. The first-order chi connectivity index (χ1) is 15.2. The van der Waals surface area contributed by atoms with Crippen molar-refractivity contribution in [3.05, 3.63) is 71.6 Å². The fourth-order valence-electron chi connectivity index (χ4n) is 5.09. The number of amides is 1. The molecule has 1 aliphatic rings. The second kappa shape index (κ2) is 6.85. The van der Waals surface area contributed by atoms with Crippen LogP contribution in [0.4, 0.5) is 10.2 Å². The van der Waals surface area contributed by atoms with Gasteiger partial charge in [0.25, 0.3) is 0 Å². The van der Waals surface area contributed by atoms with E-state index in [1.54, 1.807) is 29.2 Å². The summed E-state index contributed by atoms with van der Waals surface area (Å²) in [7, 11) is 1.83. The number of fused-ring (bicyclic) bond motifs is 1. The van der Waals surface area contributed by atoms with Crippen LogP contribution in [-0.2, 0) is 17.3 Å². The van der Waals surface area contributed by atoms with Crippen molar-refractivity contribution in [3.8, 4) is 11.3 Å². The molecule has 0 aliphatic heterocycles. The molecule has 3 atom stereocenters. The average Bonchev–Trinajstić information content (AvgIpc) is 3.14. The summed E-state index contributed by atoms with van der Waals surface area (Å²) in [6, 6.07) is 8.48. The first kappa shape index (κ1) is 20.1. The number of pyridine rings is 2. The number of hydrogen-bond donors (Lipinski definition) is 2. The zero-order valence-corrected chi connectivity index (χ0v) is 18.0. The Labute approximate surface area is 184 Å². The van der Waals surface area contributed by atoms with Gasteiger partial charge in [-0.25, -0.2) is 9.37 Å². The van der Waals surface area contributed by atoms with E-state index in [0.29, 0.717) is 22.3 Å². The van der Waals surface area contributed by atoms with Crippen molar-refractivity contribution < 1.29 is 9.18 Å². The number of anilines is 1. The Morgan fingerprint density at radius 2 is 2.03 bits per heavy atom. The van der Waals surface area contributed by atoms with Crippen molar-refractivity contribution in [3.63, 3.8) is 0 Å². The van der Waals surface area contributed by atoms with Crippen LogP contribution in [0.1, 0.15) is 29.7 Å². The Bertz CT molecular complexity index is 1380. The largest absolute Gasteiger partial charge is 0.383 e. The predicted molar refractivity (Wildman–Crippen MR) is 120 cm³/mol. The molecule has 0 saturated heterocycles. The van der Waals surface area contributed by atoms with Gasteiger partial charge in [0.2, 0.25) is 5.91 Å². The molecular formula is C24H23FN6O. The molecule has 1 fully saturated rings. The molecule has 32 heavy (non-hydrogen) atoms. The standard InChI is InChI=1S/C24H23FN6O/c1-12-5-4-6-17(25)20(12)18-7-14-8-19(28-10-16(14)22(26)30-18)24(23(27)32)13(2)21(24)15-9-29-31(3)11-15/h4-11,13,21H,1-3H3,(H2,26,30)(H2,27,32). The minimum Gasteiger partial charge on any atom is -0.383 e. The van der Waals surface area contributed by atoms with E-state index in [0.717, 1.165) is 16.5 Å². The van der Waals surface area contributed by atoms with E-state index in [-0.39, 0.29) is 23.5 Å². The number of carbonyl (C=O) groups excluding carboxylic acids is 1. The van der Waals surface area contributed by atoms with Gasteiger partial charge in [-0.3, -0.25) is 14.5 Å². The smallest absolute Gasteiger partial charge is 0.230 e. The highest BCUT2D eigenvalue weighted by Crippen LogP contribution is 2.65. The maximum absolute atomic E-state index is 14.6. The van der Waals surface area contributed by atoms with E-state index < -0.39 is 11.3 Å². The molecule has 0 bridgehead atoms. The van der Waals surface area contributed by atoms with Crippen LogP contribution in [0, 0.1) is 18.7 Å². The number of nitrogens with two attached hydrogens (primary N) is 2. The molecule has 3 aromatic heterocycles. The second-order valence-electron chi connectivity index (χ2n) is 8.56. The number of halogens is 1. The van der Waals surface area contributed by atoms with Crippen molar-refractivity contribution in [2.45, 2.75) is 25.2 Å². The number of aromatic nitrogens is 4. The number of benzene rings is 1. The van der Waals surface area contributed by atoms with Gasteiger partial charge < -0.3 is 11.5 Å². The molecule has 162 valence electrons. The molecule has 3 unspecified atom stereocenters. The molecule has 1 aliphatic carbocycles. The fourth-order valence-corrected chi connectivity index (χ4v) is 5.09. The lowest BCUT2D eigenvalue weighted by molar-refractivity contribution is -0.120. The van der Waals surface area contributed by atoms with E-state index >= 15 is 0 Å². The molecule has 4 aromatic rings. The third-order valence-electron chi connectivity index (χ3n) is 6.74. The number of nitrogen functional groups attached to an aromatic ring is 1. The van der Waals surface area contributed by atoms with Crippen LogP contribution in [-0.4, -0.2) is 25.7 Å². The lowest BCUT2D eigenvalue weighted by Crippen LogP contribution is -2.32. The maximum Gasteiger partial charge on any atom is 0.230 e. The summed E-state index contributed by atoms with van der Waals surface area (Å²) in [6.45, 7) is 3.81. The minimum absolute atomic E-state index is 0.0402. The zero-order chi connectivity index (χ0) is 22.8. The van der Waals surface area contributed by atoms with E-state index in [4.69, 9.17) is 11.5 Å². The van der Waals surface area contributed by atoms with Crippen molar-refractivity contribution in [2.75, 3.05) is 5.73 Å². The quantitative estimate of drug-likeness (QED) is 0.516. The van der Waals surface area contributed by atoms with Gasteiger partial charge in [-0.2, -0.15) is 5.10 Å². The summed E-state index contributed by atoms with van der Waals surface area (Å²) in [5.74, 6) is -0.711. The van der Waals surface area contributed by atoms with Crippen LogP contribution in [0.5, 0.6) is 0 Å². The van der Waals surface area contributed by atoms with Gasteiger partial charge in [-0.05, 0) is 47.6 Å². The summed E-state index contributed by atoms with van der Waals surface area (Å²) in [4.78, 5) is 21.7. The van der Waals surface area contributed by atoms with E-state index in [1.165, 1.54) is 6.07 Å². The topological polar surface area (TPSA) is 113 Å². The molecule has 8 heteroatoms. The van der Waals surface area contributed by atoms with Crippen molar-refractivity contribution >= 4 is 22.5 Å². The molecule has 4 N–H and O–H groups in total. The van der Waals surface area contributed by atoms with Crippen molar-refractivity contribution in [1.29, 1.82) is 0 Å². The lowest BCUT2D eigenvalue weighted by Gasteiger charge is -2.15. The van der Waals surface area contributed by atoms with Crippen LogP contribution in [0.25, 0.3) is 22.0 Å². The van der Waals surface area contributed by atoms with Gasteiger partial charge >= 0.3 is 0 Å². The number of hydrogen-bond acceptors (Lipinski definition) is 5. The van der Waals surface area contributed by atoms with Crippen molar-refractivity contribution in [2.24, 2.45) is 18.7 Å². The van der Waals surface area contributed by atoms with Crippen LogP contribution in [0.3, 0.4) is 0 Å². The van der Waals surface area contributed by atoms with Gasteiger partial charge in [-0.1, -0.05) is 19.1 Å². The molecule has 1 aromatic carbocycles. The third-order valence-corrected chi connectivity index (χ3v) is 6.74. The van der Waals surface area contributed by atoms with E-state index in [1.807, 2.05) is 39.2 Å². The molecular weight excluding hydrogens is 407 g/mol. The first-order valence-electron chi connectivity index (χ1n) is 10.4. The van der Waals surface area contributed by atoms with Crippen LogP contribution in [0.2, 0.25) is 0 Å². The Kier molecular flexibility index (Phi) is 4.30. The average molecular weight is 430 g/mol. The van der Waals surface area contributed by atoms with Gasteiger partial charge in [0.1, 0.15) is 17.1 Å². The number of rotatable bonds is 4. The summed E-state index contributed by atoms with van der Waals surface area (Å²) < 4.78 is 16.3. The van der Waals surface area contributed by atoms with Crippen LogP contribution < -0.4 is 11.5 Å². The molecule has 3 heterocycles. The molecule has 0 spiro atoms. The highest BCUT2D eigenvalue weighted by Gasteiger charge is 2.69. The van der Waals surface area contributed by atoms with Crippen LogP contribution in [0.15, 0.2) is 48.9 Å². The Morgan fingerprint density at radius 3 is 2.69 bits per heavy atom. The van der Waals surface area contributed by atoms with Gasteiger partial charge in [0.05, 0.1) is 17.6 Å². The second-order valence-corrected chi connectivity index (χ2v) is 8.56. The maximum atomic E-state index is 14.6. The summed E-state index contributed by atoms with van der Waals surface area (Å²) >= 11 is 0. The van der Waals surface area contributed by atoms with E-state index in [9.17, 15) is 9.18 Å². The Hall–Kier alpha value is -3.81. The fraction of sp³-hybridized carbons (Fsp3) is 0.250. The normalized spacial score (nSPS) is 22.2. The molecule has 0 radical (unpaired) electrons. The summed E-state index contributed by atoms with van der Waals surface area (Å²) in [6.07, 6.45) is 5.27. The summed E-state index contributed by atoms with van der Waals surface area (Å²) in [5, 5.41) is 5.60. The molecule has 5 rings (SSSR count). The number of carbonyl (C=O) groups is 1. The highest BCUT2D eigenvalue weighted by atomic mass is 19.1. The molecule has 7 nitrogen and oxygen atoms in total. The Morgan fingerprint density at radius 1 is 1.25 bits per heavy atom. The third kappa shape index (κ3) is 2.72. The number of primary amides is 1. The SMILES string of the molecule is Cc1cccc(F)c1-c1cc2cc(C3(C(N)=O)C(C)C3c3cnn(C)c3)ncc2c(N)n1. The highest BCUT2D eigenvalue weighted by molar-refractivity contribution is 5.97. The van der Waals surface area contributed by atoms with Gasteiger partial charge in [-0.15, -0.1) is 0 Å². The van der Waals surface area contributed by atoms with Gasteiger partial charge in [0.15, 0.2) is 0 Å². The summed E-state index contributed by atoms with van der Waals surface area (Å²) in [5.41, 5.74) is 14.3. The van der Waals surface area contributed by atoms with Gasteiger partial charge in [0, 0.05) is 36.3 Å². The lowest BCUT2D eigenvalue weighted by atomic mass is 9.92. The van der Waals surface area contributed by atoms with Crippen LogP contribution >= 0.6 is 0 Å². The Balaban J connectivity index is 1.68. The minimum atomic E-state index is -0.941. The monoisotopic (exact) mass is 430 g/mol. The molecule has 1 saturated carbocycles. The van der Waals surface area contributed by atoms with Crippen molar-refractivity contribution in [1.82, 2.24) is 19.7 Å². The molecule has 1 amide bonds.